The van der Waals surface area contributed by atoms with Crippen LogP contribution in [0.15, 0.2) is 54.6 Å². The Balaban J connectivity index is 1.86. The molecule has 30 heavy (non-hydrogen) atoms. The second-order valence-electron chi connectivity index (χ2n) is 7.20. The summed E-state index contributed by atoms with van der Waals surface area (Å²) in [4.78, 5) is 11.1. The van der Waals surface area contributed by atoms with Crippen molar-refractivity contribution in [1.82, 2.24) is 0 Å². The van der Waals surface area contributed by atoms with Gasteiger partial charge in [0.2, 0.25) is 0 Å². The van der Waals surface area contributed by atoms with E-state index in [4.69, 9.17) is 27.9 Å². The molecule has 0 heterocycles. The Morgan fingerprint density at radius 2 is 1.70 bits per heavy atom. The smallest absolute Gasteiger partial charge is 0.167 e. The Hall–Kier alpha value is -2.56. The van der Waals surface area contributed by atoms with Crippen LogP contribution in [-0.2, 0) is 11.2 Å². The first-order valence-electron chi connectivity index (χ1n) is 9.42. The summed E-state index contributed by atoms with van der Waals surface area (Å²) in [5, 5.41) is 11.2. The first kappa shape index (κ1) is 22.1. The highest BCUT2D eigenvalue weighted by Crippen LogP contribution is 2.35. The van der Waals surface area contributed by atoms with Crippen molar-refractivity contribution >= 4 is 29.0 Å². The number of carbonyl (C=O) groups excluding carboxylic acids is 1. The predicted octanol–water partition coefficient (Wildman–Crippen LogP) is 6.55. The van der Waals surface area contributed by atoms with Gasteiger partial charge in [-0.2, -0.15) is 0 Å². The molecular formula is C24H21Cl2FO3. The van der Waals surface area contributed by atoms with Crippen molar-refractivity contribution in [3.05, 3.63) is 92.7 Å². The van der Waals surface area contributed by atoms with Gasteiger partial charge in [-0.1, -0.05) is 54.4 Å². The molecule has 0 aliphatic carbocycles. The van der Waals surface area contributed by atoms with Gasteiger partial charge in [0, 0.05) is 27.9 Å². The summed E-state index contributed by atoms with van der Waals surface area (Å²) in [6.07, 6.45) is 0.452. The molecule has 0 saturated carbocycles. The first-order valence-corrected chi connectivity index (χ1v) is 10.2. The van der Waals surface area contributed by atoms with E-state index in [1.807, 2.05) is 19.1 Å². The Morgan fingerprint density at radius 3 is 2.30 bits per heavy atom. The van der Waals surface area contributed by atoms with Crippen LogP contribution in [0.3, 0.4) is 0 Å². The Morgan fingerprint density at radius 1 is 1.07 bits per heavy atom. The number of halogens is 3. The summed E-state index contributed by atoms with van der Waals surface area (Å²) in [5.74, 6) is 0.0713. The SMILES string of the molecule is CC(=O)COc1cc(Cl)c(Cc2ccc(O)c(C(C)c3ccc(F)cc3)c2)c(Cl)c1. The van der Waals surface area contributed by atoms with Gasteiger partial charge in [0.25, 0.3) is 0 Å². The van der Waals surface area contributed by atoms with Crippen LogP contribution in [0.1, 0.15) is 42.0 Å². The van der Waals surface area contributed by atoms with Gasteiger partial charge < -0.3 is 9.84 Å². The molecule has 3 rings (SSSR count). The number of rotatable bonds is 7. The molecule has 0 aliphatic rings. The molecule has 0 saturated heterocycles. The van der Waals surface area contributed by atoms with E-state index >= 15 is 0 Å². The molecule has 0 spiro atoms. The van der Waals surface area contributed by atoms with E-state index in [9.17, 15) is 14.3 Å². The minimum Gasteiger partial charge on any atom is -0.508 e. The number of ketones is 1. The topological polar surface area (TPSA) is 46.5 Å². The molecule has 0 bridgehead atoms. The Kier molecular flexibility index (Phi) is 7.01. The van der Waals surface area contributed by atoms with Gasteiger partial charge in [0.05, 0.1) is 0 Å². The van der Waals surface area contributed by atoms with Crippen LogP contribution in [0.2, 0.25) is 10.0 Å². The van der Waals surface area contributed by atoms with Gasteiger partial charge in [-0.25, -0.2) is 4.39 Å². The zero-order chi connectivity index (χ0) is 21.8. The third-order valence-electron chi connectivity index (χ3n) is 4.87. The van der Waals surface area contributed by atoms with Crippen molar-refractivity contribution in [1.29, 1.82) is 0 Å². The van der Waals surface area contributed by atoms with Crippen LogP contribution in [0.4, 0.5) is 4.39 Å². The third kappa shape index (κ3) is 5.32. The number of phenolic OH excluding ortho intramolecular Hbond substituents is 1. The van der Waals surface area contributed by atoms with Gasteiger partial charge in [0.1, 0.15) is 23.9 Å². The van der Waals surface area contributed by atoms with E-state index in [0.717, 1.165) is 22.3 Å². The van der Waals surface area contributed by atoms with Crippen LogP contribution in [-0.4, -0.2) is 17.5 Å². The first-order chi connectivity index (χ1) is 14.2. The molecule has 0 radical (unpaired) electrons. The fraction of sp³-hybridized carbons (Fsp3) is 0.208. The molecule has 3 aromatic carbocycles. The molecule has 3 nitrogen and oxygen atoms in total. The largest absolute Gasteiger partial charge is 0.508 e. The lowest BCUT2D eigenvalue weighted by Gasteiger charge is -2.16. The zero-order valence-corrected chi connectivity index (χ0v) is 18.1. The predicted molar refractivity (Wildman–Crippen MR) is 117 cm³/mol. The third-order valence-corrected chi connectivity index (χ3v) is 5.54. The van der Waals surface area contributed by atoms with E-state index in [0.29, 0.717) is 22.2 Å². The highest BCUT2D eigenvalue weighted by Gasteiger charge is 2.16. The van der Waals surface area contributed by atoms with Crippen LogP contribution in [0.25, 0.3) is 0 Å². The molecular weight excluding hydrogens is 426 g/mol. The highest BCUT2D eigenvalue weighted by molar-refractivity contribution is 6.36. The van der Waals surface area contributed by atoms with E-state index in [-0.39, 0.29) is 29.9 Å². The quantitative estimate of drug-likeness (QED) is 0.447. The maximum absolute atomic E-state index is 13.2. The van der Waals surface area contributed by atoms with E-state index in [1.54, 1.807) is 30.3 Å². The monoisotopic (exact) mass is 446 g/mol. The van der Waals surface area contributed by atoms with E-state index in [2.05, 4.69) is 0 Å². The number of carbonyl (C=O) groups is 1. The standard InChI is InChI=1S/C24H21Cl2FO3/c1-14(28)13-30-19-11-22(25)21(23(26)12-19)10-16-3-8-24(29)20(9-16)15(2)17-4-6-18(27)7-5-17/h3-9,11-12,15,29H,10,13H2,1-2H3. The molecule has 0 aromatic heterocycles. The second-order valence-corrected chi connectivity index (χ2v) is 8.01. The minimum absolute atomic E-state index is 0.0470. The minimum atomic E-state index is -0.302. The van der Waals surface area contributed by atoms with Crippen molar-refractivity contribution in [2.45, 2.75) is 26.2 Å². The highest BCUT2D eigenvalue weighted by atomic mass is 35.5. The number of phenols is 1. The number of benzene rings is 3. The summed E-state index contributed by atoms with van der Waals surface area (Å²) in [6.45, 7) is 3.34. The summed E-state index contributed by atoms with van der Waals surface area (Å²) in [5.41, 5.74) is 3.26. The lowest BCUT2D eigenvalue weighted by atomic mass is 9.90. The molecule has 1 N–H and O–H groups in total. The molecule has 0 fully saturated rings. The summed E-state index contributed by atoms with van der Waals surface area (Å²) < 4.78 is 18.6. The fourth-order valence-corrected chi connectivity index (χ4v) is 3.81. The molecule has 0 amide bonds. The molecule has 1 unspecified atom stereocenters. The van der Waals surface area contributed by atoms with Crippen LogP contribution < -0.4 is 4.74 Å². The number of ether oxygens (including phenoxy) is 1. The Bertz CT molecular complexity index is 1040. The summed E-state index contributed by atoms with van der Waals surface area (Å²) in [6, 6.07) is 14.8. The van der Waals surface area contributed by atoms with Crippen molar-refractivity contribution < 1.29 is 19.0 Å². The van der Waals surface area contributed by atoms with E-state index < -0.39 is 0 Å². The zero-order valence-electron chi connectivity index (χ0n) is 16.6. The van der Waals surface area contributed by atoms with Crippen LogP contribution in [0.5, 0.6) is 11.5 Å². The average molecular weight is 447 g/mol. The maximum Gasteiger partial charge on any atom is 0.167 e. The fourth-order valence-electron chi connectivity index (χ4n) is 3.21. The molecule has 1 atom stereocenters. The normalized spacial score (nSPS) is 11.9. The second kappa shape index (κ2) is 9.50. The van der Waals surface area contributed by atoms with Gasteiger partial charge in [-0.15, -0.1) is 0 Å². The van der Waals surface area contributed by atoms with E-state index in [1.165, 1.54) is 19.1 Å². The summed E-state index contributed by atoms with van der Waals surface area (Å²) >= 11 is 12.8. The Labute approximate surface area is 185 Å². The van der Waals surface area contributed by atoms with Crippen molar-refractivity contribution in [2.75, 3.05) is 6.61 Å². The van der Waals surface area contributed by atoms with Gasteiger partial charge in [0.15, 0.2) is 5.78 Å². The number of aromatic hydroxyl groups is 1. The molecule has 0 aliphatic heterocycles. The van der Waals surface area contributed by atoms with Gasteiger partial charge >= 0.3 is 0 Å². The lowest BCUT2D eigenvalue weighted by Crippen LogP contribution is -2.06. The van der Waals surface area contributed by atoms with Gasteiger partial charge in [-0.3, -0.25) is 4.79 Å². The number of hydrogen-bond acceptors (Lipinski definition) is 3. The molecule has 3 aromatic rings. The molecule has 6 heteroatoms. The van der Waals surface area contributed by atoms with Gasteiger partial charge in [-0.05, 0) is 53.9 Å². The van der Waals surface area contributed by atoms with Crippen LogP contribution in [0, 0.1) is 5.82 Å². The van der Waals surface area contributed by atoms with Crippen molar-refractivity contribution in [3.8, 4) is 11.5 Å². The van der Waals surface area contributed by atoms with Crippen LogP contribution >= 0.6 is 23.2 Å². The average Bonchev–Trinajstić information content (AvgIpc) is 2.70. The maximum atomic E-state index is 13.2. The lowest BCUT2D eigenvalue weighted by molar-refractivity contribution is -0.118. The number of Topliss-reactive ketones (excluding diaryl/α,β-unsaturated/α-hetero) is 1. The summed E-state index contributed by atoms with van der Waals surface area (Å²) in [7, 11) is 0. The van der Waals surface area contributed by atoms with Crippen molar-refractivity contribution in [3.63, 3.8) is 0 Å². The van der Waals surface area contributed by atoms with Crippen molar-refractivity contribution in [2.24, 2.45) is 0 Å². The molecule has 156 valence electrons. The number of hydrogen-bond donors (Lipinski definition) is 1.